The van der Waals surface area contributed by atoms with Crippen LogP contribution in [0.4, 0.5) is 0 Å². The molecule has 0 saturated carbocycles. The van der Waals surface area contributed by atoms with Crippen LogP contribution in [-0.2, 0) is 22.3 Å². The first kappa shape index (κ1) is 12.9. The van der Waals surface area contributed by atoms with Gasteiger partial charge in [0.2, 0.25) is 0 Å². The van der Waals surface area contributed by atoms with Crippen LogP contribution in [0.25, 0.3) is 0 Å². The number of ether oxygens (including phenoxy) is 3. The molecule has 3 heteroatoms. The number of hydrogen-bond donors (Lipinski definition) is 0. The van der Waals surface area contributed by atoms with Crippen molar-refractivity contribution >= 4 is 0 Å². The summed E-state index contributed by atoms with van der Waals surface area (Å²) in [4.78, 5) is 0. The first-order valence-electron chi connectivity index (χ1n) is 7.44. The molecule has 2 aromatic carbocycles. The Bertz CT molecular complexity index is 574. The van der Waals surface area contributed by atoms with E-state index in [4.69, 9.17) is 14.2 Å². The van der Waals surface area contributed by atoms with Crippen molar-refractivity contribution in [1.29, 1.82) is 0 Å². The Hall–Kier alpha value is -1.84. The summed E-state index contributed by atoms with van der Waals surface area (Å²) in [6, 6.07) is 16.5. The first-order valence-corrected chi connectivity index (χ1v) is 7.44. The molecule has 0 aromatic heterocycles. The van der Waals surface area contributed by atoms with E-state index in [2.05, 4.69) is 24.3 Å². The quantitative estimate of drug-likeness (QED) is 0.762. The van der Waals surface area contributed by atoms with Crippen molar-refractivity contribution in [3.8, 4) is 11.5 Å². The summed E-state index contributed by atoms with van der Waals surface area (Å²) in [6.07, 6.45) is 2.75. The van der Waals surface area contributed by atoms with Crippen molar-refractivity contribution in [2.45, 2.75) is 25.0 Å². The fraction of sp³-hybridized carbons (Fsp3) is 0.333. The average Bonchev–Trinajstić information content (AvgIpc) is 3.36. The predicted octanol–water partition coefficient (Wildman–Crippen LogP) is 3.36. The Labute approximate surface area is 124 Å². The lowest BCUT2D eigenvalue weighted by Crippen LogP contribution is -1.95. The van der Waals surface area contributed by atoms with Gasteiger partial charge in [-0.25, -0.2) is 0 Å². The lowest BCUT2D eigenvalue weighted by molar-refractivity contribution is 0.407. The lowest BCUT2D eigenvalue weighted by Gasteiger charge is -2.08. The van der Waals surface area contributed by atoms with Crippen LogP contribution in [0.1, 0.15) is 11.1 Å². The summed E-state index contributed by atoms with van der Waals surface area (Å²) >= 11 is 0. The molecule has 2 heterocycles. The molecule has 2 aromatic rings. The van der Waals surface area contributed by atoms with Crippen LogP contribution >= 0.6 is 0 Å². The highest BCUT2D eigenvalue weighted by atomic mass is 16.6. The Morgan fingerprint density at radius 3 is 1.71 bits per heavy atom. The van der Waals surface area contributed by atoms with E-state index in [-0.39, 0.29) is 0 Å². The van der Waals surface area contributed by atoms with E-state index in [0.29, 0.717) is 12.2 Å². The van der Waals surface area contributed by atoms with Gasteiger partial charge in [-0.05, 0) is 35.4 Å². The highest BCUT2D eigenvalue weighted by molar-refractivity contribution is 5.36. The zero-order valence-electron chi connectivity index (χ0n) is 11.8. The van der Waals surface area contributed by atoms with Crippen molar-refractivity contribution in [3.63, 3.8) is 0 Å². The lowest BCUT2D eigenvalue weighted by atomic mass is 10.1. The molecule has 2 aliphatic heterocycles. The van der Waals surface area contributed by atoms with Crippen LogP contribution in [-0.4, -0.2) is 25.4 Å². The molecule has 3 nitrogen and oxygen atoms in total. The third kappa shape index (κ3) is 3.63. The average molecular weight is 282 g/mol. The van der Waals surface area contributed by atoms with Crippen LogP contribution in [0.3, 0.4) is 0 Å². The number of hydrogen-bond acceptors (Lipinski definition) is 3. The molecular weight excluding hydrogens is 264 g/mol. The van der Waals surface area contributed by atoms with Gasteiger partial charge in [0.05, 0.1) is 25.4 Å². The van der Waals surface area contributed by atoms with Crippen LogP contribution in [0.15, 0.2) is 48.5 Å². The Balaban J connectivity index is 1.46. The molecule has 4 rings (SSSR count). The zero-order chi connectivity index (χ0) is 14.1. The van der Waals surface area contributed by atoms with Crippen LogP contribution in [0, 0.1) is 0 Å². The fourth-order valence-electron chi connectivity index (χ4n) is 2.51. The topological polar surface area (TPSA) is 34.3 Å². The highest BCUT2D eigenvalue weighted by Crippen LogP contribution is 2.26. The van der Waals surface area contributed by atoms with Gasteiger partial charge in [0.1, 0.15) is 11.5 Å². The maximum atomic E-state index is 5.98. The van der Waals surface area contributed by atoms with Gasteiger partial charge < -0.3 is 14.2 Å². The van der Waals surface area contributed by atoms with E-state index in [1.807, 2.05) is 24.3 Å². The standard InChI is InChI=1S/C18H18O3/c1-3-13(9-17-11-19-17)7-15(5-1)21-16-6-2-4-14(8-16)10-18-12-20-18/h1-8,17-18H,9-12H2. The minimum absolute atomic E-state index is 0.405. The minimum Gasteiger partial charge on any atom is -0.457 e. The summed E-state index contributed by atoms with van der Waals surface area (Å²) in [5.74, 6) is 1.76. The molecule has 2 fully saturated rings. The third-order valence-electron chi connectivity index (χ3n) is 3.76. The van der Waals surface area contributed by atoms with Gasteiger partial charge in [-0.2, -0.15) is 0 Å². The van der Waals surface area contributed by atoms with E-state index in [0.717, 1.165) is 37.6 Å². The third-order valence-corrected chi connectivity index (χ3v) is 3.76. The second kappa shape index (κ2) is 5.51. The molecule has 0 amide bonds. The fourth-order valence-corrected chi connectivity index (χ4v) is 2.51. The number of benzene rings is 2. The van der Waals surface area contributed by atoms with E-state index >= 15 is 0 Å². The van der Waals surface area contributed by atoms with Crippen molar-refractivity contribution in [3.05, 3.63) is 59.7 Å². The Morgan fingerprint density at radius 1 is 0.810 bits per heavy atom. The smallest absolute Gasteiger partial charge is 0.127 e. The molecule has 0 spiro atoms. The van der Waals surface area contributed by atoms with Gasteiger partial charge in [-0.15, -0.1) is 0 Å². The largest absolute Gasteiger partial charge is 0.457 e. The van der Waals surface area contributed by atoms with E-state index < -0.39 is 0 Å². The number of epoxide rings is 2. The predicted molar refractivity (Wildman–Crippen MR) is 79.8 cm³/mol. The van der Waals surface area contributed by atoms with Crippen molar-refractivity contribution in [2.24, 2.45) is 0 Å². The van der Waals surface area contributed by atoms with Crippen LogP contribution in [0.2, 0.25) is 0 Å². The molecule has 21 heavy (non-hydrogen) atoms. The molecule has 0 radical (unpaired) electrons. The Morgan fingerprint density at radius 2 is 1.29 bits per heavy atom. The van der Waals surface area contributed by atoms with Gasteiger partial charge >= 0.3 is 0 Å². The molecule has 108 valence electrons. The first-order chi connectivity index (χ1) is 10.3. The van der Waals surface area contributed by atoms with E-state index in [1.54, 1.807) is 0 Å². The van der Waals surface area contributed by atoms with Gasteiger partial charge in [0.25, 0.3) is 0 Å². The van der Waals surface area contributed by atoms with E-state index in [9.17, 15) is 0 Å². The van der Waals surface area contributed by atoms with Gasteiger partial charge in [0.15, 0.2) is 0 Å². The van der Waals surface area contributed by atoms with Crippen molar-refractivity contribution < 1.29 is 14.2 Å². The second-order valence-electron chi connectivity index (χ2n) is 5.72. The Kier molecular flexibility index (Phi) is 3.37. The molecule has 2 atom stereocenters. The van der Waals surface area contributed by atoms with Crippen LogP contribution < -0.4 is 4.74 Å². The molecular formula is C18H18O3. The summed E-state index contributed by atoms with van der Waals surface area (Å²) in [5, 5.41) is 0. The maximum Gasteiger partial charge on any atom is 0.127 e. The SMILES string of the molecule is c1cc(CC2CO2)cc(Oc2cccc(CC3CO3)c2)c1. The monoisotopic (exact) mass is 282 g/mol. The maximum absolute atomic E-state index is 5.98. The summed E-state index contributed by atoms with van der Waals surface area (Å²) in [5.41, 5.74) is 2.52. The van der Waals surface area contributed by atoms with Gasteiger partial charge in [-0.3, -0.25) is 0 Å². The van der Waals surface area contributed by atoms with E-state index in [1.165, 1.54) is 11.1 Å². The minimum atomic E-state index is 0.405. The molecule has 2 aliphatic rings. The molecule has 0 bridgehead atoms. The van der Waals surface area contributed by atoms with Gasteiger partial charge in [-0.1, -0.05) is 24.3 Å². The highest BCUT2D eigenvalue weighted by Gasteiger charge is 2.23. The molecule has 0 aliphatic carbocycles. The second-order valence-corrected chi connectivity index (χ2v) is 5.72. The number of rotatable bonds is 6. The summed E-state index contributed by atoms with van der Waals surface area (Å²) in [7, 11) is 0. The summed E-state index contributed by atoms with van der Waals surface area (Å²) in [6.45, 7) is 1.77. The van der Waals surface area contributed by atoms with Crippen molar-refractivity contribution in [1.82, 2.24) is 0 Å². The summed E-state index contributed by atoms with van der Waals surface area (Å²) < 4.78 is 16.5. The van der Waals surface area contributed by atoms with Crippen molar-refractivity contribution in [2.75, 3.05) is 13.2 Å². The molecule has 2 unspecified atom stereocenters. The van der Waals surface area contributed by atoms with Crippen LogP contribution in [0.5, 0.6) is 11.5 Å². The molecule has 0 N–H and O–H groups in total. The normalized spacial score (nSPS) is 22.9. The molecule has 2 saturated heterocycles. The van der Waals surface area contributed by atoms with Gasteiger partial charge in [0, 0.05) is 12.8 Å². The zero-order valence-corrected chi connectivity index (χ0v) is 11.8.